The van der Waals surface area contributed by atoms with Crippen molar-refractivity contribution < 1.29 is 30.7 Å². The molecule has 0 aliphatic rings. The number of nitrogens with zero attached hydrogens (tertiary/aromatic N) is 2. The number of hydrogen-bond acceptors (Lipinski definition) is 6. The first kappa shape index (κ1) is 23.3. The van der Waals surface area contributed by atoms with Gasteiger partial charge in [0.1, 0.15) is 18.2 Å². The number of sulfonamides is 1. The van der Waals surface area contributed by atoms with Gasteiger partial charge in [-0.3, -0.25) is 14.8 Å². The number of fused-ring (bicyclic) bond motifs is 1. The molecule has 0 spiro atoms. The van der Waals surface area contributed by atoms with Gasteiger partial charge in [-0.2, -0.15) is 18.3 Å². The lowest BCUT2D eigenvalue weighted by Gasteiger charge is -2.16. The fraction of sp³-hybridized carbons (Fsp3) is 0.143. The third kappa shape index (κ3) is 5.36. The highest BCUT2D eigenvalue weighted by Gasteiger charge is 2.35. The van der Waals surface area contributed by atoms with Crippen LogP contribution < -0.4 is 15.2 Å². The molecule has 2 aromatic carbocycles. The lowest BCUT2D eigenvalue weighted by atomic mass is 10.1. The van der Waals surface area contributed by atoms with E-state index >= 15 is 0 Å². The highest BCUT2D eigenvalue weighted by Crippen LogP contribution is 2.36. The number of ether oxygens (including phenoxy) is 1. The Labute approximate surface area is 190 Å². The topological polar surface area (TPSA) is 123 Å². The normalized spacial score (nSPS) is 12.1. The molecule has 0 aliphatic heterocycles. The summed E-state index contributed by atoms with van der Waals surface area (Å²) in [4.78, 5) is 4.31. The summed E-state index contributed by atoms with van der Waals surface area (Å²) in [5.74, 6) is -2.40. The first-order valence-corrected chi connectivity index (χ1v) is 11.3. The summed E-state index contributed by atoms with van der Waals surface area (Å²) in [5, 5.41) is 7.20. The minimum absolute atomic E-state index is 0.0616. The molecule has 0 saturated carbocycles. The molecule has 8 nitrogen and oxygen atoms in total. The van der Waals surface area contributed by atoms with Crippen LogP contribution in [-0.2, 0) is 16.6 Å². The molecule has 4 aromatic rings. The van der Waals surface area contributed by atoms with E-state index in [-0.39, 0.29) is 23.9 Å². The number of hydrogen-bond donors (Lipinski definition) is 3. The Hall–Kier alpha value is -3.87. The predicted molar refractivity (Wildman–Crippen MR) is 118 cm³/mol. The summed E-state index contributed by atoms with van der Waals surface area (Å²) in [6.07, 6.45) is -3.42. The maximum absolute atomic E-state index is 13.2. The molecule has 4 N–H and O–H groups in total. The molecule has 0 unspecified atom stereocenters. The summed E-state index contributed by atoms with van der Waals surface area (Å²) in [6.45, 7) is -0.108. The van der Waals surface area contributed by atoms with Crippen molar-refractivity contribution in [1.29, 1.82) is 0 Å². The average Bonchev–Trinajstić information content (AvgIpc) is 3.13. The second-order valence-electron chi connectivity index (χ2n) is 7.29. The Morgan fingerprint density at radius 3 is 2.53 bits per heavy atom. The van der Waals surface area contributed by atoms with Gasteiger partial charge in [-0.05, 0) is 35.9 Å². The molecule has 178 valence electrons. The van der Waals surface area contributed by atoms with Crippen molar-refractivity contribution in [2.75, 3.05) is 16.2 Å². The van der Waals surface area contributed by atoms with E-state index in [0.717, 1.165) is 0 Å². The molecule has 0 bridgehead atoms. The lowest BCUT2D eigenvalue weighted by molar-refractivity contribution is -0.106. The molecule has 0 amide bonds. The quantitative estimate of drug-likeness (QED) is 0.330. The fourth-order valence-corrected chi connectivity index (χ4v) is 4.25. The summed E-state index contributed by atoms with van der Waals surface area (Å²) >= 11 is 0. The number of alkyl halides is 3. The number of halogens is 4. The van der Waals surface area contributed by atoms with E-state index in [1.54, 1.807) is 6.07 Å². The number of nitrogens with two attached hydrogens (primary N) is 1. The van der Waals surface area contributed by atoms with Crippen LogP contribution in [-0.4, -0.2) is 35.5 Å². The Bertz CT molecular complexity index is 1440. The first-order chi connectivity index (χ1) is 16.0. The number of anilines is 2. The van der Waals surface area contributed by atoms with Gasteiger partial charge in [0.05, 0.1) is 22.3 Å². The molecule has 0 radical (unpaired) electrons. The summed E-state index contributed by atoms with van der Waals surface area (Å²) in [7, 11) is -4.77. The Balaban J connectivity index is 1.73. The van der Waals surface area contributed by atoms with Gasteiger partial charge in [-0.25, -0.2) is 12.8 Å². The van der Waals surface area contributed by atoms with Crippen LogP contribution >= 0.6 is 0 Å². The van der Waals surface area contributed by atoms with Gasteiger partial charge in [0.25, 0.3) is 0 Å². The van der Waals surface area contributed by atoms with Crippen molar-refractivity contribution in [2.45, 2.75) is 12.8 Å². The van der Waals surface area contributed by atoms with Crippen molar-refractivity contribution in [3.63, 3.8) is 0 Å². The van der Waals surface area contributed by atoms with Gasteiger partial charge in [0, 0.05) is 11.8 Å². The second-order valence-corrected chi connectivity index (χ2v) is 9.02. The minimum Gasteiger partial charge on any atom is -0.487 e. The van der Waals surface area contributed by atoms with Crippen LogP contribution in [0.4, 0.5) is 29.1 Å². The number of aromatic amines is 1. The Morgan fingerprint density at radius 1 is 1.09 bits per heavy atom. The number of benzene rings is 2. The third-order valence-electron chi connectivity index (χ3n) is 4.69. The van der Waals surface area contributed by atoms with Crippen LogP contribution in [0.2, 0.25) is 0 Å². The van der Waals surface area contributed by atoms with Crippen molar-refractivity contribution in [1.82, 2.24) is 15.2 Å². The van der Waals surface area contributed by atoms with Crippen LogP contribution in [0.15, 0.2) is 54.7 Å². The number of pyridine rings is 1. The Kier molecular flexibility index (Phi) is 6.04. The predicted octanol–water partition coefficient (Wildman–Crippen LogP) is 4.23. The maximum Gasteiger partial charge on any atom is 0.404 e. The highest BCUT2D eigenvalue weighted by atomic mass is 32.2. The molecule has 2 aromatic heterocycles. The fourth-order valence-electron chi connectivity index (χ4n) is 3.24. The van der Waals surface area contributed by atoms with Crippen LogP contribution in [0.1, 0.15) is 5.56 Å². The number of H-pyrrole nitrogens is 1. The van der Waals surface area contributed by atoms with Gasteiger partial charge in [-0.15, -0.1) is 0 Å². The monoisotopic (exact) mass is 495 g/mol. The summed E-state index contributed by atoms with van der Waals surface area (Å²) < 4.78 is 83.0. The summed E-state index contributed by atoms with van der Waals surface area (Å²) in [6, 6.07) is 11.2. The molecular formula is C21H17F4N5O3S. The van der Waals surface area contributed by atoms with Crippen molar-refractivity contribution in [3.05, 3.63) is 66.1 Å². The molecule has 34 heavy (non-hydrogen) atoms. The largest absolute Gasteiger partial charge is 0.487 e. The number of nitrogen functional groups attached to an aromatic ring is 1. The zero-order valence-corrected chi connectivity index (χ0v) is 18.0. The van der Waals surface area contributed by atoms with E-state index in [4.69, 9.17) is 10.5 Å². The molecule has 0 aliphatic carbocycles. The van der Waals surface area contributed by atoms with E-state index in [9.17, 15) is 26.0 Å². The third-order valence-corrected chi connectivity index (χ3v) is 5.92. The zero-order valence-electron chi connectivity index (χ0n) is 17.2. The zero-order chi connectivity index (χ0) is 24.5. The molecule has 2 heterocycles. The molecule has 4 rings (SSSR count). The summed E-state index contributed by atoms with van der Waals surface area (Å²) in [5.41, 5.74) is 7.73. The van der Waals surface area contributed by atoms with E-state index in [1.165, 1.54) is 48.7 Å². The van der Waals surface area contributed by atoms with Crippen LogP contribution in [0.25, 0.3) is 22.2 Å². The highest BCUT2D eigenvalue weighted by molar-refractivity contribution is 7.92. The van der Waals surface area contributed by atoms with E-state index in [0.29, 0.717) is 27.7 Å². The smallest absolute Gasteiger partial charge is 0.404 e. The second kappa shape index (κ2) is 8.82. The van der Waals surface area contributed by atoms with Crippen LogP contribution in [0.5, 0.6) is 5.75 Å². The van der Waals surface area contributed by atoms with E-state index in [1.807, 2.05) is 4.72 Å². The van der Waals surface area contributed by atoms with Gasteiger partial charge in [0.15, 0.2) is 11.6 Å². The van der Waals surface area contributed by atoms with Crippen molar-refractivity contribution in [2.24, 2.45) is 0 Å². The SMILES string of the molecule is Nc1n[nH]c2ccnc(-c3ccc(NS(=O)(=O)CC(F)(F)F)c(OCc4ccc(F)cc4)c3)c12. The molecular weight excluding hydrogens is 478 g/mol. The average molecular weight is 495 g/mol. The van der Waals surface area contributed by atoms with E-state index in [2.05, 4.69) is 15.2 Å². The van der Waals surface area contributed by atoms with Gasteiger partial charge in [-0.1, -0.05) is 18.2 Å². The van der Waals surface area contributed by atoms with Crippen LogP contribution in [0.3, 0.4) is 0 Å². The van der Waals surface area contributed by atoms with Gasteiger partial charge >= 0.3 is 6.18 Å². The molecule has 13 heteroatoms. The number of rotatable bonds is 7. The molecule has 0 atom stereocenters. The standard InChI is InChI=1S/C21H17F4N5O3S/c22-14-4-1-12(2-5-14)10-33-17-9-13(19-18-16(7-8-27-19)28-29-20(18)26)3-6-15(17)30-34(31,32)11-21(23,24)25/h1-9,30H,10-11H2,(H3,26,28,29). The molecule has 0 saturated heterocycles. The first-order valence-electron chi connectivity index (χ1n) is 9.68. The maximum atomic E-state index is 13.2. The van der Waals surface area contributed by atoms with Gasteiger partial charge < -0.3 is 10.5 Å². The van der Waals surface area contributed by atoms with Crippen molar-refractivity contribution >= 4 is 32.4 Å². The Morgan fingerprint density at radius 2 is 1.82 bits per heavy atom. The van der Waals surface area contributed by atoms with E-state index < -0.39 is 27.8 Å². The van der Waals surface area contributed by atoms with Crippen LogP contribution in [0, 0.1) is 5.82 Å². The number of nitrogens with one attached hydrogen (secondary N) is 2. The minimum atomic E-state index is -4.93. The molecule has 0 fully saturated rings. The van der Waals surface area contributed by atoms with Crippen molar-refractivity contribution in [3.8, 4) is 17.0 Å². The van der Waals surface area contributed by atoms with Gasteiger partial charge in [0.2, 0.25) is 10.0 Å². The lowest BCUT2D eigenvalue weighted by Crippen LogP contribution is -2.28. The number of aromatic nitrogens is 3.